The fraction of sp³-hybridized carbons (Fsp3) is 0.824. The summed E-state index contributed by atoms with van der Waals surface area (Å²) in [5, 5.41) is 14.0. The Morgan fingerprint density at radius 1 is 0.422 bits per heavy atom. The van der Waals surface area contributed by atoms with Gasteiger partial charge in [0, 0.05) is 6.42 Å². The van der Waals surface area contributed by atoms with Crippen LogP contribution in [0.5, 0.6) is 0 Å². The van der Waals surface area contributed by atoms with Crippen LogP contribution in [0, 0.1) is 0 Å². The van der Waals surface area contributed by atoms with Crippen molar-refractivity contribution in [2.45, 2.75) is 353 Å². The van der Waals surface area contributed by atoms with E-state index in [0.717, 1.165) is 64.2 Å². The zero-order chi connectivity index (χ0) is 60.5. The van der Waals surface area contributed by atoms with Crippen molar-refractivity contribution in [1.82, 2.24) is 5.32 Å². The van der Waals surface area contributed by atoms with Gasteiger partial charge in [-0.05, 0) is 70.6 Å². The fourth-order valence-corrected chi connectivity index (χ4v) is 11.4. The molecule has 0 aromatic rings. The number of hydrogen-bond donors (Lipinski definition) is 3. The Labute approximate surface area is 516 Å². The highest BCUT2D eigenvalue weighted by Crippen LogP contribution is 2.43. The molecule has 3 N–H and O–H groups in total. The van der Waals surface area contributed by atoms with Gasteiger partial charge in [-0.1, -0.05) is 337 Å². The van der Waals surface area contributed by atoms with Crippen molar-refractivity contribution in [2.75, 3.05) is 40.9 Å². The predicted molar refractivity (Wildman–Crippen MR) is 364 cm³/mol. The summed E-state index contributed by atoms with van der Waals surface area (Å²) in [5.41, 5.74) is 0. The molecule has 3 atom stereocenters. The molecule has 0 aromatic carbocycles. The van der Waals surface area contributed by atoms with Crippen LogP contribution in [0.25, 0.3) is 0 Å². The third-order valence-electron chi connectivity index (χ3n) is 16.2. The molecule has 0 rings (SSSR count). The maximum Gasteiger partial charge on any atom is 0.472 e. The summed E-state index contributed by atoms with van der Waals surface area (Å²) in [4.78, 5) is 23.4. The maximum absolute atomic E-state index is 13.1. The number of allylic oxidation sites excluding steroid dienone is 11. The molecule has 83 heavy (non-hydrogen) atoms. The fourth-order valence-electron chi connectivity index (χ4n) is 10.6. The lowest BCUT2D eigenvalue weighted by Gasteiger charge is -2.25. The summed E-state index contributed by atoms with van der Waals surface area (Å²) in [6.45, 7) is 4.73. The zero-order valence-corrected chi connectivity index (χ0v) is 56.6. The molecule has 0 aliphatic heterocycles. The number of rotatable bonds is 66. The highest BCUT2D eigenvalue weighted by atomic mass is 31.2. The monoisotopic (exact) mass is 1180 g/mol. The normalized spacial score (nSPS) is 14.1. The summed E-state index contributed by atoms with van der Waals surface area (Å²) in [5.74, 6) is -0.181. The van der Waals surface area contributed by atoms with Crippen molar-refractivity contribution in [1.29, 1.82) is 0 Å². The van der Waals surface area contributed by atoms with E-state index in [2.05, 4.69) is 79.9 Å². The Bertz CT molecular complexity index is 1580. The number of nitrogens with zero attached hydrogens (tertiary/aromatic N) is 1. The standard InChI is InChI=1S/C74H139N2O6P/c1-6-8-10-12-14-16-18-20-22-24-26-28-30-32-34-35-36-37-38-39-40-41-42-44-46-48-50-52-54-56-58-60-62-64-66-68-74(78)75-72(71-82-83(79,80)81-70-69-76(3,4)5)73(77)67-65-63-61-59-57-55-53-51-49-47-45-43-33-31-29-27-25-23-21-19-17-15-13-11-9-7-2/h8,10,14,16,20,22,26,28,57,59,65,67,72-73,77H,6-7,9,11-13,15,17-19,21,23-25,27,29-56,58,60-64,66,68-71H2,1-5H3,(H-,75,78,79,80)/p+1/b10-8-,16-14-,22-20-,28-26-,59-57+,67-65+. The Morgan fingerprint density at radius 3 is 1.11 bits per heavy atom. The molecule has 0 bridgehead atoms. The molecule has 0 saturated heterocycles. The second-order valence-electron chi connectivity index (χ2n) is 25.6. The van der Waals surface area contributed by atoms with E-state index in [-0.39, 0.29) is 19.1 Å². The van der Waals surface area contributed by atoms with Crippen molar-refractivity contribution < 1.29 is 32.9 Å². The van der Waals surface area contributed by atoms with Gasteiger partial charge in [0.25, 0.3) is 0 Å². The van der Waals surface area contributed by atoms with Crippen LogP contribution in [-0.2, 0) is 18.4 Å². The molecule has 0 saturated carbocycles. The lowest BCUT2D eigenvalue weighted by molar-refractivity contribution is -0.870. The third kappa shape index (κ3) is 67.3. The van der Waals surface area contributed by atoms with Gasteiger partial charge >= 0.3 is 7.82 Å². The summed E-state index contributed by atoms with van der Waals surface area (Å²) in [6.07, 6.45) is 90.7. The van der Waals surface area contributed by atoms with Crippen LogP contribution in [0.1, 0.15) is 341 Å². The van der Waals surface area contributed by atoms with Crippen LogP contribution in [0.3, 0.4) is 0 Å². The maximum atomic E-state index is 13.1. The van der Waals surface area contributed by atoms with Crippen LogP contribution in [0.2, 0.25) is 0 Å². The number of amides is 1. The van der Waals surface area contributed by atoms with Gasteiger partial charge in [0.2, 0.25) is 5.91 Å². The molecule has 0 fully saturated rings. The smallest absolute Gasteiger partial charge is 0.387 e. The minimum atomic E-state index is -4.36. The minimum absolute atomic E-state index is 0.0563. The second-order valence-corrected chi connectivity index (χ2v) is 27.0. The molecule has 8 nitrogen and oxygen atoms in total. The lowest BCUT2D eigenvalue weighted by Crippen LogP contribution is -2.45. The first-order valence-corrected chi connectivity index (χ1v) is 37.3. The molecule has 0 spiro atoms. The molecule has 3 unspecified atom stereocenters. The number of carbonyl (C=O) groups is 1. The van der Waals surface area contributed by atoms with E-state index in [9.17, 15) is 19.4 Å². The summed E-state index contributed by atoms with van der Waals surface area (Å²) < 4.78 is 23.8. The molecule has 486 valence electrons. The van der Waals surface area contributed by atoms with Gasteiger partial charge in [-0.3, -0.25) is 13.8 Å². The predicted octanol–water partition coefficient (Wildman–Crippen LogP) is 22.9. The molecule has 0 radical (unpaired) electrons. The second kappa shape index (κ2) is 64.4. The quantitative estimate of drug-likeness (QED) is 0.0243. The average molecular weight is 1180 g/mol. The van der Waals surface area contributed by atoms with Gasteiger partial charge in [0.1, 0.15) is 13.2 Å². The zero-order valence-electron chi connectivity index (χ0n) is 55.7. The van der Waals surface area contributed by atoms with Gasteiger partial charge in [-0.25, -0.2) is 4.57 Å². The van der Waals surface area contributed by atoms with E-state index in [1.165, 1.54) is 257 Å². The van der Waals surface area contributed by atoms with Crippen molar-refractivity contribution in [3.63, 3.8) is 0 Å². The number of unbranched alkanes of at least 4 members (excludes halogenated alkanes) is 43. The largest absolute Gasteiger partial charge is 0.472 e. The number of nitrogens with one attached hydrogen (secondary N) is 1. The molecule has 0 aliphatic carbocycles. The third-order valence-corrected chi connectivity index (χ3v) is 17.1. The summed E-state index contributed by atoms with van der Waals surface area (Å²) in [6, 6.07) is -0.866. The number of hydrogen-bond acceptors (Lipinski definition) is 5. The Morgan fingerprint density at radius 2 is 0.735 bits per heavy atom. The topological polar surface area (TPSA) is 105 Å². The van der Waals surface area contributed by atoms with Gasteiger partial charge in [0.15, 0.2) is 0 Å². The van der Waals surface area contributed by atoms with E-state index >= 15 is 0 Å². The number of aliphatic hydroxyl groups excluding tert-OH is 1. The first-order chi connectivity index (χ1) is 40.5. The minimum Gasteiger partial charge on any atom is -0.387 e. The van der Waals surface area contributed by atoms with Crippen molar-refractivity contribution in [3.05, 3.63) is 72.9 Å². The Balaban J connectivity index is 4.04. The molecular formula is C74H140N2O6P+. The van der Waals surface area contributed by atoms with Crippen LogP contribution < -0.4 is 5.32 Å². The number of phosphoric acid groups is 1. The highest BCUT2D eigenvalue weighted by Gasteiger charge is 2.28. The van der Waals surface area contributed by atoms with E-state index in [1.54, 1.807) is 6.08 Å². The van der Waals surface area contributed by atoms with Crippen molar-refractivity contribution in [2.24, 2.45) is 0 Å². The summed E-state index contributed by atoms with van der Waals surface area (Å²) >= 11 is 0. The average Bonchev–Trinajstić information content (AvgIpc) is 3.49. The van der Waals surface area contributed by atoms with Crippen LogP contribution in [-0.4, -0.2) is 73.4 Å². The van der Waals surface area contributed by atoms with E-state index < -0.39 is 20.0 Å². The molecule has 0 heterocycles. The van der Waals surface area contributed by atoms with E-state index in [1.807, 2.05) is 27.2 Å². The number of likely N-dealkylation sites (N-methyl/N-ethyl adjacent to an activating group) is 1. The first-order valence-electron chi connectivity index (χ1n) is 35.8. The highest BCUT2D eigenvalue weighted by molar-refractivity contribution is 7.47. The Kier molecular flexibility index (Phi) is 62.8. The Hall–Kier alpha value is -2.06. The van der Waals surface area contributed by atoms with E-state index in [4.69, 9.17) is 9.05 Å². The van der Waals surface area contributed by atoms with Gasteiger partial charge in [-0.2, -0.15) is 0 Å². The van der Waals surface area contributed by atoms with Gasteiger partial charge in [0.05, 0.1) is 39.9 Å². The van der Waals surface area contributed by atoms with Crippen molar-refractivity contribution in [3.8, 4) is 0 Å². The van der Waals surface area contributed by atoms with Gasteiger partial charge < -0.3 is 19.8 Å². The number of aliphatic hydroxyl groups is 1. The lowest BCUT2D eigenvalue weighted by atomic mass is 10.0. The van der Waals surface area contributed by atoms with Crippen molar-refractivity contribution >= 4 is 13.7 Å². The molecule has 0 aliphatic rings. The number of phosphoric ester groups is 1. The van der Waals surface area contributed by atoms with Crippen LogP contribution >= 0.6 is 7.82 Å². The van der Waals surface area contributed by atoms with Crippen LogP contribution in [0.15, 0.2) is 72.9 Å². The first kappa shape index (κ1) is 80.9. The van der Waals surface area contributed by atoms with Crippen LogP contribution in [0.4, 0.5) is 0 Å². The molecule has 0 aromatic heterocycles. The molecule has 9 heteroatoms. The molecular weight excluding hydrogens is 1040 g/mol. The number of quaternary nitrogens is 1. The molecule has 1 amide bonds. The SMILES string of the molecule is CC/C=C\C/C=C\C/C=C\C/C=C\CCCCCCCCCCCCCCCCCCCCCCCCC(=O)NC(COP(=O)(O)OCC[N+](C)(C)C)C(O)/C=C/CC/C=C/CCCCCCCCCCCCCCCCCCCCCC. The van der Waals surface area contributed by atoms with Gasteiger partial charge in [-0.15, -0.1) is 0 Å². The number of carbonyl (C=O) groups excluding carboxylic acids is 1. The summed E-state index contributed by atoms with van der Waals surface area (Å²) in [7, 11) is 1.57. The van der Waals surface area contributed by atoms with E-state index in [0.29, 0.717) is 17.4 Å².